The number of hydrogen-bond donors (Lipinski definition) is 0. The monoisotopic (exact) mass is 1910 g/mol. The zero-order valence-corrected chi connectivity index (χ0v) is 74.7. The molecule has 0 spiro atoms. The summed E-state index contributed by atoms with van der Waals surface area (Å²) in [4.78, 5) is 28.1. The van der Waals surface area contributed by atoms with E-state index in [1.165, 1.54) is 92.0 Å². The summed E-state index contributed by atoms with van der Waals surface area (Å²) in [6, 6.07) is 101. The molecular formula is C92H100BBrIr2K2N4O6-4. The van der Waals surface area contributed by atoms with E-state index in [4.69, 9.17) is 24.1 Å². The largest absolute Gasteiger partial charge is 1.00 e. The summed E-state index contributed by atoms with van der Waals surface area (Å²) in [5, 5.41) is 8.43. The Bertz CT molecular complexity index is 3970. The molecule has 5 heterocycles. The van der Waals surface area contributed by atoms with E-state index < -0.39 is 0 Å². The molecule has 0 N–H and O–H groups in total. The number of methoxy groups -OCH3 is 1. The predicted molar refractivity (Wildman–Crippen MR) is 431 cm³/mol. The SMILES string of the molecule is Brc1ccccc1.C.C.CC1(C)OB(c2ccncc2)OC1(C)C.COc1cccc(C)c1-c1ccccc1C(C1CCCCC1)C1CCCCC1.O=CO[O-].[H-].[Ir].[Ir].[K+].[K+].[c-]1ccccc1.[c-]1ccccc1-c1cc(-c2ccccc2)ccn1.[c-]1ccccc1-c1ccccn1.[c-]1ccccc1-c1ccccn1. The second kappa shape index (κ2) is 55.9. The van der Waals surface area contributed by atoms with Crippen LogP contribution in [0.15, 0.2) is 302 Å². The molecule has 108 heavy (non-hydrogen) atoms. The van der Waals surface area contributed by atoms with Crippen LogP contribution in [-0.2, 0) is 59.2 Å². The van der Waals surface area contributed by atoms with Crippen molar-refractivity contribution in [3.8, 4) is 61.8 Å². The van der Waals surface area contributed by atoms with E-state index in [1.807, 2.05) is 240 Å². The van der Waals surface area contributed by atoms with E-state index in [1.54, 1.807) is 37.5 Å². The third-order valence-electron chi connectivity index (χ3n) is 18.1. The Balaban J connectivity index is 0.000000652. The van der Waals surface area contributed by atoms with Crippen LogP contribution in [0.25, 0.3) is 56.0 Å². The predicted octanol–water partition coefficient (Wildman–Crippen LogP) is 16.4. The molecule has 3 aliphatic rings. The van der Waals surface area contributed by atoms with Crippen LogP contribution in [0.1, 0.15) is 125 Å². The molecular weight excluding hydrogens is 1810 g/mol. The van der Waals surface area contributed by atoms with Gasteiger partial charge in [0.2, 0.25) is 0 Å². The fourth-order valence-corrected chi connectivity index (χ4v) is 12.7. The molecule has 10 nitrogen and oxygen atoms in total. The molecule has 4 aromatic heterocycles. The van der Waals surface area contributed by atoms with Gasteiger partial charge >= 0.3 is 110 Å². The number of carbonyl (C=O) groups excluding carboxylic acids is 1. The molecule has 2 radical (unpaired) electrons. The molecule has 0 unspecified atom stereocenters. The topological polar surface area (TPSA) is 129 Å². The minimum atomic E-state index is -0.280. The number of aromatic nitrogens is 4. The maximum Gasteiger partial charge on any atom is 1.00 e. The van der Waals surface area contributed by atoms with Gasteiger partial charge in [0.1, 0.15) is 5.75 Å². The van der Waals surface area contributed by atoms with E-state index in [-0.39, 0.29) is 184 Å². The fraction of sp³-hybridized carbons (Fsp3) is 0.250. The molecule has 15 rings (SSSR count). The van der Waals surface area contributed by atoms with Crippen LogP contribution < -0.4 is 118 Å². The van der Waals surface area contributed by atoms with Crippen molar-refractivity contribution >= 4 is 35.0 Å². The van der Waals surface area contributed by atoms with E-state index in [2.05, 4.69) is 133 Å². The number of benzene rings is 8. The number of hydrogen-bond acceptors (Lipinski definition) is 10. The number of ether oxygens (including phenoxy) is 1. The summed E-state index contributed by atoms with van der Waals surface area (Å²) in [5.41, 5.74) is 14.5. The molecule has 2 saturated carbocycles. The molecule has 2 aliphatic carbocycles. The van der Waals surface area contributed by atoms with Gasteiger partial charge < -0.3 is 40.6 Å². The van der Waals surface area contributed by atoms with Gasteiger partial charge in [-0.05, 0) is 177 Å². The van der Waals surface area contributed by atoms with Gasteiger partial charge in [0.15, 0.2) is 0 Å². The molecule has 12 aromatic rings. The Morgan fingerprint density at radius 1 is 0.509 bits per heavy atom. The van der Waals surface area contributed by atoms with E-state index in [0.717, 1.165) is 61.3 Å². The Kier molecular flexibility index (Phi) is 51.1. The standard InChI is InChI=1S/C27H36O.C17H12N.C11H16BNO2.2C11H8N.C6H5Br.C6H5.CH2O3.2CH4.2Ir.2K.H/c1-20-12-11-19-25(28-2)26(20)23-17-9-10-18-24(23)27(21-13-5-3-6-14-21)22-15-7-4-8-16-22;1-3-7-14(8-4-1)16-11-12-18-17(13-16)15-9-5-2-6-10-15;1-10(2)11(3,4)15-12(14-10)9-5-7-13-8-6-9;2*1-2-6-10(7-3-1)11-8-4-5-9-12-11;7-6-4-2-1-3-5-6;1-2-4-6-5-3-1;2-1-4-3;;;;;;;/h9-12,17-19,21-22,27H,3-8,13-16H2,1-2H3;1-9,11-13H;5-8H,1-4H3;2*1-6,8-9H;1-5H;1-5H;1,3H;2*1H4;;;;;/q;-1;;2*-1;;-1;;;;;;2*+1;-1/p-1. The van der Waals surface area contributed by atoms with Crippen molar-refractivity contribution in [2.24, 2.45) is 11.8 Å². The molecule has 3 fully saturated rings. The molecule has 0 bridgehead atoms. The van der Waals surface area contributed by atoms with Gasteiger partial charge in [0, 0.05) is 81.2 Å². The van der Waals surface area contributed by atoms with Crippen molar-refractivity contribution in [2.75, 3.05) is 7.11 Å². The van der Waals surface area contributed by atoms with Crippen molar-refractivity contribution in [3.05, 3.63) is 338 Å². The van der Waals surface area contributed by atoms with Crippen molar-refractivity contribution < 1.29 is 173 Å². The van der Waals surface area contributed by atoms with Crippen LogP contribution in [0.3, 0.4) is 0 Å². The van der Waals surface area contributed by atoms with E-state index >= 15 is 0 Å². The smallest absolute Gasteiger partial charge is 1.00 e. The van der Waals surface area contributed by atoms with Crippen LogP contribution in [0.5, 0.6) is 5.75 Å². The summed E-state index contributed by atoms with van der Waals surface area (Å²) in [6.07, 6.45) is 23.1. The molecule has 1 saturated heterocycles. The molecule has 558 valence electrons. The van der Waals surface area contributed by atoms with Crippen molar-refractivity contribution in [3.63, 3.8) is 0 Å². The van der Waals surface area contributed by atoms with E-state index in [9.17, 15) is 0 Å². The minimum absolute atomic E-state index is 0. The first-order valence-corrected chi connectivity index (χ1v) is 35.8. The van der Waals surface area contributed by atoms with Gasteiger partial charge in [-0.1, -0.05) is 185 Å². The molecule has 0 amide bonds. The van der Waals surface area contributed by atoms with Gasteiger partial charge in [-0.15, -0.1) is 108 Å². The second-order valence-electron chi connectivity index (χ2n) is 25.6. The molecule has 16 heteroatoms. The van der Waals surface area contributed by atoms with Crippen molar-refractivity contribution in [1.29, 1.82) is 0 Å². The average molecular weight is 1910 g/mol. The first-order chi connectivity index (χ1) is 49.9. The molecule has 8 aromatic carbocycles. The molecule has 1 aliphatic heterocycles. The zero-order chi connectivity index (χ0) is 71.9. The van der Waals surface area contributed by atoms with Crippen molar-refractivity contribution in [1.82, 2.24) is 19.9 Å². The zero-order valence-electron chi connectivity index (χ0n) is 63.0. The van der Waals surface area contributed by atoms with Crippen LogP contribution in [0, 0.1) is 43.0 Å². The Morgan fingerprint density at radius 3 is 1.36 bits per heavy atom. The Morgan fingerprint density at radius 2 is 0.944 bits per heavy atom. The summed E-state index contributed by atoms with van der Waals surface area (Å²) >= 11 is 3.31. The summed E-state index contributed by atoms with van der Waals surface area (Å²) in [5.74, 6) is 3.43. The number of nitrogens with zero attached hydrogens (tertiary/aromatic N) is 4. The summed E-state index contributed by atoms with van der Waals surface area (Å²) < 4.78 is 18.7. The second-order valence-corrected chi connectivity index (χ2v) is 26.5. The third-order valence-corrected chi connectivity index (χ3v) is 18.7. The number of pyridine rings is 4. The van der Waals surface area contributed by atoms with Gasteiger partial charge in [-0.25, -0.2) is 0 Å². The van der Waals surface area contributed by atoms with E-state index in [0.29, 0.717) is 5.92 Å². The minimum Gasteiger partial charge on any atom is -1.00 e. The maximum atomic E-state index is 8.64. The third kappa shape index (κ3) is 33.1. The number of halogens is 1. The van der Waals surface area contributed by atoms with Crippen molar-refractivity contribution in [2.45, 2.75) is 131 Å². The summed E-state index contributed by atoms with van der Waals surface area (Å²) in [7, 11) is 1.53. The quantitative estimate of drug-likeness (QED) is 0.0406. The number of rotatable bonds is 11. The number of carbonyl (C=O) groups is 1. The first-order valence-electron chi connectivity index (χ1n) is 35.0. The summed E-state index contributed by atoms with van der Waals surface area (Å²) in [6.45, 7) is 10.2. The van der Waals surface area contributed by atoms with Crippen LogP contribution >= 0.6 is 15.9 Å². The van der Waals surface area contributed by atoms with Crippen LogP contribution in [-0.4, -0.2) is 51.8 Å². The first kappa shape index (κ1) is 98.7. The van der Waals surface area contributed by atoms with Gasteiger partial charge in [0.25, 0.3) is 6.47 Å². The Labute approximate surface area is 767 Å². The van der Waals surface area contributed by atoms with Gasteiger partial charge in [-0.3, -0.25) is 9.78 Å². The van der Waals surface area contributed by atoms with Crippen LogP contribution in [0.4, 0.5) is 0 Å². The average Bonchev–Trinajstić information content (AvgIpc) is 1.06. The van der Waals surface area contributed by atoms with Gasteiger partial charge in [-0.2, -0.15) is 36.4 Å². The fourth-order valence-electron chi connectivity index (χ4n) is 12.4. The van der Waals surface area contributed by atoms with Gasteiger partial charge in [0.05, 0.1) is 18.3 Å². The normalized spacial score (nSPS) is 13.2. The molecule has 0 atom stereocenters. The maximum absolute atomic E-state index is 8.64. The number of aryl methyl sites for hydroxylation is 1. The Hall–Kier alpha value is -5.37. The van der Waals surface area contributed by atoms with Crippen LogP contribution in [0.2, 0.25) is 0 Å².